The lowest BCUT2D eigenvalue weighted by atomic mass is 10.1. The van der Waals surface area contributed by atoms with Gasteiger partial charge in [0, 0.05) is 30.3 Å². The molecule has 0 unspecified atom stereocenters. The van der Waals surface area contributed by atoms with Crippen LogP contribution in [0.1, 0.15) is 5.56 Å². The predicted octanol–water partition coefficient (Wildman–Crippen LogP) is 1.79. The predicted molar refractivity (Wildman–Crippen MR) is 52.1 cm³/mol. The third kappa shape index (κ3) is 1.22. The van der Waals surface area contributed by atoms with E-state index in [1.54, 1.807) is 24.7 Å². The second-order valence-corrected chi connectivity index (χ2v) is 3.26. The summed E-state index contributed by atoms with van der Waals surface area (Å²) >= 11 is 0. The number of rotatable bonds is 1. The number of nitro benzene ring substituents is 1. The van der Waals surface area contributed by atoms with Crippen LogP contribution < -0.4 is 0 Å². The molecule has 0 radical (unpaired) electrons. The normalized spacial score (nSPS) is 10.7. The number of hydrogen-bond acceptors (Lipinski definition) is 3. The summed E-state index contributed by atoms with van der Waals surface area (Å²) in [5.74, 6) is 0. The Morgan fingerprint density at radius 2 is 2.21 bits per heavy atom. The SMILES string of the molecule is Cc1cc2cn(C)nc2cc1[N+](=O)[O-]. The number of aromatic nitrogens is 2. The highest BCUT2D eigenvalue weighted by Gasteiger charge is 2.12. The minimum atomic E-state index is -0.385. The van der Waals surface area contributed by atoms with Crippen molar-refractivity contribution in [1.82, 2.24) is 9.78 Å². The summed E-state index contributed by atoms with van der Waals surface area (Å²) in [6.45, 7) is 1.73. The fourth-order valence-corrected chi connectivity index (χ4v) is 1.49. The Morgan fingerprint density at radius 3 is 2.86 bits per heavy atom. The molecule has 0 aliphatic carbocycles. The molecule has 1 heterocycles. The average Bonchev–Trinajstić information content (AvgIpc) is 2.42. The van der Waals surface area contributed by atoms with Gasteiger partial charge in [-0.05, 0) is 13.0 Å². The molecule has 0 saturated heterocycles. The van der Waals surface area contributed by atoms with Crippen LogP contribution >= 0.6 is 0 Å². The molecular formula is C9H9N3O2. The molecule has 1 aromatic carbocycles. The van der Waals surface area contributed by atoms with Crippen LogP contribution in [0.3, 0.4) is 0 Å². The Balaban J connectivity index is 2.76. The molecule has 0 spiro atoms. The molecule has 0 saturated carbocycles. The minimum Gasteiger partial charge on any atom is -0.275 e. The maximum Gasteiger partial charge on any atom is 0.274 e. The van der Waals surface area contributed by atoms with E-state index in [2.05, 4.69) is 5.10 Å². The van der Waals surface area contributed by atoms with E-state index in [4.69, 9.17) is 0 Å². The maximum atomic E-state index is 10.6. The van der Waals surface area contributed by atoms with Crippen molar-refractivity contribution in [3.8, 4) is 0 Å². The van der Waals surface area contributed by atoms with Crippen molar-refractivity contribution >= 4 is 16.6 Å². The summed E-state index contributed by atoms with van der Waals surface area (Å²) in [5, 5.41) is 15.7. The lowest BCUT2D eigenvalue weighted by molar-refractivity contribution is -0.385. The zero-order valence-corrected chi connectivity index (χ0v) is 7.89. The quantitative estimate of drug-likeness (QED) is 0.510. The van der Waals surface area contributed by atoms with Crippen molar-refractivity contribution in [1.29, 1.82) is 0 Å². The summed E-state index contributed by atoms with van der Waals surface area (Å²) in [4.78, 5) is 10.3. The van der Waals surface area contributed by atoms with Crippen molar-refractivity contribution in [3.63, 3.8) is 0 Å². The molecule has 0 aliphatic heterocycles. The maximum absolute atomic E-state index is 10.6. The van der Waals surface area contributed by atoms with Crippen LogP contribution in [0.2, 0.25) is 0 Å². The first-order valence-electron chi connectivity index (χ1n) is 4.16. The lowest BCUT2D eigenvalue weighted by Gasteiger charge is -1.95. The number of nitro groups is 1. The fraction of sp³-hybridized carbons (Fsp3) is 0.222. The average molecular weight is 191 g/mol. The van der Waals surface area contributed by atoms with E-state index in [0.717, 1.165) is 5.39 Å². The molecule has 2 aromatic rings. The molecule has 5 nitrogen and oxygen atoms in total. The molecule has 0 aliphatic rings. The molecule has 0 amide bonds. The van der Waals surface area contributed by atoms with Crippen LogP contribution in [0.15, 0.2) is 18.3 Å². The van der Waals surface area contributed by atoms with E-state index < -0.39 is 0 Å². The standard InChI is InChI=1S/C9H9N3O2/c1-6-3-7-5-11(2)10-8(7)4-9(6)12(13)14/h3-5H,1-2H3. The van der Waals surface area contributed by atoms with Crippen molar-refractivity contribution in [2.75, 3.05) is 0 Å². The van der Waals surface area contributed by atoms with Crippen molar-refractivity contribution < 1.29 is 4.92 Å². The van der Waals surface area contributed by atoms with Crippen LogP contribution in [0, 0.1) is 17.0 Å². The number of hydrogen-bond donors (Lipinski definition) is 0. The van der Waals surface area contributed by atoms with Gasteiger partial charge in [-0.1, -0.05) is 0 Å². The topological polar surface area (TPSA) is 61.0 Å². The fourth-order valence-electron chi connectivity index (χ4n) is 1.49. The Labute approximate surface area is 80.1 Å². The van der Waals surface area contributed by atoms with Gasteiger partial charge in [0.05, 0.1) is 10.4 Å². The first-order chi connectivity index (χ1) is 6.58. The van der Waals surface area contributed by atoms with Gasteiger partial charge in [0.25, 0.3) is 5.69 Å². The molecule has 5 heteroatoms. The van der Waals surface area contributed by atoms with Crippen LogP contribution in [0.5, 0.6) is 0 Å². The van der Waals surface area contributed by atoms with Gasteiger partial charge in [-0.15, -0.1) is 0 Å². The van der Waals surface area contributed by atoms with E-state index in [1.165, 1.54) is 6.07 Å². The first-order valence-corrected chi connectivity index (χ1v) is 4.16. The van der Waals surface area contributed by atoms with Gasteiger partial charge in [-0.2, -0.15) is 5.10 Å². The molecule has 72 valence electrons. The van der Waals surface area contributed by atoms with Gasteiger partial charge in [-0.25, -0.2) is 0 Å². The van der Waals surface area contributed by atoms with Gasteiger partial charge in [-0.3, -0.25) is 14.8 Å². The largest absolute Gasteiger partial charge is 0.275 e. The Bertz CT molecular complexity index is 516. The molecule has 0 N–H and O–H groups in total. The zero-order valence-electron chi connectivity index (χ0n) is 7.89. The van der Waals surface area contributed by atoms with Gasteiger partial charge in [0.2, 0.25) is 0 Å². The number of benzene rings is 1. The van der Waals surface area contributed by atoms with E-state index in [9.17, 15) is 10.1 Å². The Hall–Kier alpha value is -1.91. The highest BCUT2D eigenvalue weighted by Crippen LogP contribution is 2.23. The Kier molecular flexibility index (Phi) is 1.73. The lowest BCUT2D eigenvalue weighted by Crippen LogP contribution is -1.91. The summed E-state index contributed by atoms with van der Waals surface area (Å²) in [6, 6.07) is 3.28. The van der Waals surface area contributed by atoms with Crippen molar-refractivity contribution in [2.24, 2.45) is 7.05 Å². The molecule has 0 fully saturated rings. The van der Waals surface area contributed by atoms with Gasteiger partial charge in [0.1, 0.15) is 0 Å². The van der Waals surface area contributed by atoms with E-state index in [0.29, 0.717) is 11.1 Å². The van der Waals surface area contributed by atoms with Crippen LogP contribution in [-0.2, 0) is 7.05 Å². The third-order valence-corrected chi connectivity index (χ3v) is 2.13. The first kappa shape index (κ1) is 8.68. The molecule has 0 atom stereocenters. The molecule has 14 heavy (non-hydrogen) atoms. The molecule has 1 aromatic heterocycles. The van der Waals surface area contributed by atoms with E-state index in [-0.39, 0.29) is 10.6 Å². The Morgan fingerprint density at radius 1 is 1.50 bits per heavy atom. The minimum absolute atomic E-state index is 0.121. The highest BCUT2D eigenvalue weighted by atomic mass is 16.6. The van der Waals surface area contributed by atoms with E-state index >= 15 is 0 Å². The number of aryl methyl sites for hydroxylation is 2. The zero-order chi connectivity index (χ0) is 10.3. The highest BCUT2D eigenvalue weighted by molar-refractivity contribution is 5.81. The third-order valence-electron chi connectivity index (χ3n) is 2.13. The van der Waals surface area contributed by atoms with Gasteiger partial charge >= 0.3 is 0 Å². The van der Waals surface area contributed by atoms with Crippen molar-refractivity contribution in [3.05, 3.63) is 34.0 Å². The summed E-state index contributed by atoms with van der Waals surface area (Å²) < 4.78 is 1.65. The summed E-state index contributed by atoms with van der Waals surface area (Å²) in [6.07, 6.45) is 1.84. The van der Waals surface area contributed by atoms with Gasteiger partial charge in [0.15, 0.2) is 0 Å². The smallest absolute Gasteiger partial charge is 0.274 e. The van der Waals surface area contributed by atoms with Crippen molar-refractivity contribution in [2.45, 2.75) is 6.92 Å². The van der Waals surface area contributed by atoms with Gasteiger partial charge < -0.3 is 0 Å². The van der Waals surface area contributed by atoms with Crippen LogP contribution in [0.4, 0.5) is 5.69 Å². The van der Waals surface area contributed by atoms with Crippen LogP contribution in [0.25, 0.3) is 10.9 Å². The number of fused-ring (bicyclic) bond motifs is 1. The van der Waals surface area contributed by atoms with E-state index in [1.807, 2.05) is 6.20 Å². The molecule has 2 rings (SSSR count). The monoisotopic (exact) mass is 191 g/mol. The summed E-state index contributed by atoms with van der Waals surface area (Å²) in [5.41, 5.74) is 1.44. The molecular weight excluding hydrogens is 182 g/mol. The number of nitrogens with zero attached hydrogens (tertiary/aromatic N) is 3. The second kappa shape index (κ2) is 2.80. The second-order valence-electron chi connectivity index (χ2n) is 3.26. The molecule has 0 bridgehead atoms. The van der Waals surface area contributed by atoms with Crippen LogP contribution in [-0.4, -0.2) is 14.7 Å². The summed E-state index contributed by atoms with van der Waals surface area (Å²) in [7, 11) is 1.79.